The van der Waals surface area contributed by atoms with Gasteiger partial charge in [-0.15, -0.1) is 16.4 Å². The van der Waals surface area contributed by atoms with Crippen LogP contribution in [0.2, 0.25) is 5.82 Å². The Balaban J connectivity index is 2.03. The first-order valence-corrected chi connectivity index (χ1v) is 6.84. The Labute approximate surface area is 136 Å². The lowest BCUT2D eigenvalue weighted by Crippen LogP contribution is -2.40. The number of aromatic hydroxyl groups is 1. The molecule has 0 unspecified atom stereocenters. The number of ether oxygens (including phenoxy) is 1. The Morgan fingerprint density at radius 2 is 1.64 bits per heavy atom. The molecule has 3 rings (SSSR count). The first-order valence-electron chi connectivity index (χ1n) is 6.84. The summed E-state index contributed by atoms with van der Waals surface area (Å²) in [6.45, 7) is 0. The summed E-state index contributed by atoms with van der Waals surface area (Å²) in [7, 11) is 29.4. The van der Waals surface area contributed by atoms with Gasteiger partial charge in [0, 0.05) is 5.56 Å². The molecule has 7 heteroatoms. The minimum absolute atomic E-state index is 0.0835. The van der Waals surface area contributed by atoms with E-state index < -0.39 is 6.10 Å². The highest BCUT2D eigenvalue weighted by Crippen LogP contribution is 2.42. The van der Waals surface area contributed by atoms with Crippen LogP contribution < -0.4 is 26.6 Å². The molecule has 22 heavy (non-hydrogen) atoms. The fourth-order valence-corrected chi connectivity index (χ4v) is 2.73. The molecule has 2 nitrogen and oxygen atoms in total. The summed E-state index contributed by atoms with van der Waals surface area (Å²) in [4.78, 5) is 0. The molecule has 0 saturated carbocycles. The third-order valence-electron chi connectivity index (χ3n) is 3.89. The van der Waals surface area contributed by atoms with Gasteiger partial charge < -0.3 is 9.84 Å². The molecule has 0 aliphatic carbocycles. The van der Waals surface area contributed by atoms with Crippen LogP contribution in [0.1, 0.15) is 17.2 Å². The standard InChI is InChI=1S/C15H9B5O2/c16-7-3-12(21)8-5-11(19)15(22-13(8)4-7)6-1-9(17)14(20)10(18)2-6/h1-4,11,15,21H,5H2/t11-,15-/m1/s1. The molecule has 0 fully saturated rings. The maximum atomic E-state index is 9.96. The van der Waals surface area contributed by atoms with E-state index >= 15 is 0 Å². The van der Waals surface area contributed by atoms with Crippen LogP contribution >= 0.6 is 0 Å². The van der Waals surface area contributed by atoms with Gasteiger partial charge >= 0.3 is 0 Å². The van der Waals surface area contributed by atoms with E-state index in [1.807, 2.05) is 0 Å². The molecule has 0 bridgehead atoms. The molecular weight excluding hydrogens is 266 g/mol. The molecule has 1 heterocycles. The van der Waals surface area contributed by atoms with Gasteiger partial charge in [-0.25, -0.2) is 0 Å². The van der Waals surface area contributed by atoms with Crippen LogP contribution in [0.15, 0.2) is 24.3 Å². The van der Waals surface area contributed by atoms with Crippen molar-refractivity contribution in [2.24, 2.45) is 0 Å². The monoisotopic (exact) mass is 276 g/mol. The van der Waals surface area contributed by atoms with Crippen molar-refractivity contribution in [1.29, 1.82) is 0 Å². The summed E-state index contributed by atoms with van der Waals surface area (Å²) in [6, 6.07) is 6.55. The minimum atomic E-state index is -0.445. The average Bonchev–Trinajstić information content (AvgIpc) is 2.44. The molecule has 2 aromatic carbocycles. The Bertz CT molecular complexity index is 724. The highest BCUT2D eigenvalue weighted by atomic mass is 16.5. The van der Waals surface area contributed by atoms with Crippen molar-refractivity contribution < 1.29 is 9.84 Å². The van der Waals surface area contributed by atoms with Gasteiger partial charge in [0.15, 0.2) is 0 Å². The normalized spacial score (nSPS) is 20.2. The van der Waals surface area contributed by atoms with E-state index in [-0.39, 0.29) is 11.6 Å². The van der Waals surface area contributed by atoms with Crippen LogP contribution in [0.25, 0.3) is 0 Å². The van der Waals surface area contributed by atoms with Crippen LogP contribution in [-0.2, 0) is 6.42 Å². The van der Waals surface area contributed by atoms with E-state index in [1.54, 1.807) is 18.2 Å². The predicted octanol–water partition coefficient (Wildman–Crippen LogP) is -1.80. The van der Waals surface area contributed by atoms with E-state index in [4.69, 9.17) is 44.0 Å². The van der Waals surface area contributed by atoms with Crippen LogP contribution in [0, 0.1) is 0 Å². The average molecular weight is 275 g/mol. The molecule has 1 N–H and O–H groups in total. The summed E-state index contributed by atoms with van der Waals surface area (Å²) in [5.74, 6) is 0.239. The zero-order valence-electron chi connectivity index (χ0n) is 11.9. The summed E-state index contributed by atoms with van der Waals surface area (Å²) in [5, 5.41) is 9.96. The fraction of sp³-hybridized carbons (Fsp3) is 0.200. The number of phenolic OH excluding ortho intramolecular Hbond substituents is 1. The maximum absolute atomic E-state index is 9.96. The second-order valence-electron chi connectivity index (χ2n) is 5.54. The van der Waals surface area contributed by atoms with Gasteiger partial charge in [-0.1, -0.05) is 17.6 Å². The molecule has 2 atom stereocenters. The summed E-state index contributed by atoms with van der Waals surface area (Å²) >= 11 is 0. The molecule has 2 aromatic rings. The summed E-state index contributed by atoms with van der Waals surface area (Å²) in [6.07, 6.45) is 0.00920. The van der Waals surface area contributed by atoms with Crippen LogP contribution in [0.4, 0.5) is 0 Å². The Morgan fingerprint density at radius 1 is 1.00 bits per heavy atom. The topological polar surface area (TPSA) is 29.5 Å². The number of rotatable bonds is 1. The second-order valence-corrected chi connectivity index (χ2v) is 5.54. The third-order valence-corrected chi connectivity index (χ3v) is 3.89. The van der Waals surface area contributed by atoms with E-state index in [2.05, 4.69) is 0 Å². The molecule has 1 aliphatic rings. The highest BCUT2D eigenvalue weighted by Gasteiger charge is 2.29. The van der Waals surface area contributed by atoms with Crippen molar-refractivity contribution >= 4 is 61.1 Å². The molecular formula is C15H9B5O2. The molecule has 0 amide bonds. The lowest BCUT2D eigenvalue weighted by Gasteiger charge is -2.33. The maximum Gasteiger partial charge on any atom is 0.126 e. The number of hydrogen-bond donors (Lipinski definition) is 1. The van der Waals surface area contributed by atoms with Crippen LogP contribution in [0.3, 0.4) is 0 Å². The number of fused-ring (bicyclic) bond motifs is 1. The van der Waals surface area contributed by atoms with E-state index in [9.17, 15) is 5.11 Å². The van der Waals surface area contributed by atoms with Crippen molar-refractivity contribution in [3.63, 3.8) is 0 Å². The quantitative estimate of drug-likeness (QED) is 0.622. The zero-order valence-corrected chi connectivity index (χ0v) is 11.9. The lowest BCUT2D eigenvalue weighted by atomic mass is 9.68. The van der Waals surface area contributed by atoms with Gasteiger partial charge in [0.25, 0.3) is 0 Å². The summed E-state index contributed by atoms with van der Waals surface area (Å²) in [5.41, 5.74) is 2.91. The zero-order chi connectivity index (χ0) is 16.0. The predicted molar refractivity (Wildman–Crippen MR) is 92.7 cm³/mol. The van der Waals surface area contributed by atoms with E-state index in [0.717, 1.165) is 5.56 Å². The number of benzene rings is 2. The Hall–Kier alpha value is -1.64. The molecule has 10 radical (unpaired) electrons. The summed E-state index contributed by atoms with van der Waals surface area (Å²) < 4.78 is 5.92. The van der Waals surface area contributed by atoms with Crippen molar-refractivity contribution in [1.82, 2.24) is 0 Å². The van der Waals surface area contributed by atoms with Crippen LogP contribution in [0.5, 0.6) is 11.5 Å². The van der Waals surface area contributed by atoms with Crippen molar-refractivity contribution in [2.45, 2.75) is 18.3 Å². The van der Waals surface area contributed by atoms with E-state index in [0.29, 0.717) is 39.6 Å². The molecule has 0 saturated heterocycles. The van der Waals surface area contributed by atoms with Gasteiger partial charge in [-0.3, -0.25) is 0 Å². The fourth-order valence-electron chi connectivity index (χ4n) is 2.73. The van der Waals surface area contributed by atoms with Crippen molar-refractivity contribution in [3.8, 4) is 11.5 Å². The number of phenols is 1. The van der Waals surface area contributed by atoms with Crippen LogP contribution in [-0.4, -0.2) is 44.3 Å². The molecule has 0 spiro atoms. The van der Waals surface area contributed by atoms with Gasteiger partial charge in [0.2, 0.25) is 0 Å². The minimum Gasteiger partial charge on any atom is -0.508 e. The van der Waals surface area contributed by atoms with E-state index in [1.165, 1.54) is 6.07 Å². The van der Waals surface area contributed by atoms with Crippen molar-refractivity contribution in [2.75, 3.05) is 0 Å². The lowest BCUT2D eigenvalue weighted by molar-refractivity contribution is 0.176. The second kappa shape index (κ2) is 5.53. The largest absolute Gasteiger partial charge is 0.508 e. The van der Waals surface area contributed by atoms with Gasteiger partial charge in [-0.05, 0) is 29.9 Å². The smallest absolute Gasteiger partial charge is 0.126 e. The number of hydrogen-bond acceptors (Lipinski definition) is 2. The first-order chi connectivity index (χ1) is 10.4. The van der Waals surface area contributed by atoms with Crippen molar-refractivity contribution in [3.05, 3.63) is 35.4 Å². The van der Waals surface area contributed by atoms with Gasteiger partial charge in [0.05, 0.1) is 7.85 Å². The first kappa shape index (κ1) is 15.3. The SMILES string of the molecule is [B]c1cc(O)c2c(c1)O[C@H](c1cc([B])c([B])c([B])c1)[C@H]([B])C2. The Morgan fingerprint density at radius 3 is 2.27 bits per heavy atom. The molecule has 96 valence electrons. The molecule has 0 aromatic heterocycles. The Kier molecular flexibility index (Phi) is 3.84. The molecule has 1 aliphatic heterocycles. The highest BCUT2D eigenvalue weighted by molar-refractivity contribution is 6.57. The van der Waals surface area contributed by atoms with Gasteiger partial charge in [0.1, 0.15) is 49.0 Å². The third kappa shape index (κ3) is 2.58. The van der Waals surface area contributed by atoms with Gasteiger partial charge in [-0.2, -0.15) is 0 Å².